The molecule has 1 atom stereocenters. The van der Waals surface area contributed by atoms with E-state index in [-0.39, 0.29) is 11.4 Å². The minimum atomic E-state index is -0.802. The monoisotopic (exact) mass is 240 g/mol. The van der Waals surface area contributed by atoms with E-state index >= 15 is 0 Å². The van der Waals surface area contributed by atoms with Gasteiger partial charge < -0.3 is 11.1 Å². The lowest BCUT2D eigenvalue weighted by Gasteiger charge is -2.09. The van der Waals surface area contributed by atoms with Crippen molar-refractivity contribution in [2.24, 2.45) is 5.73 Å². The molecule has 0 saturated carbocycles. The number of terminal acetylenes is 1. The van der Waals surface area contributed by atoms with Gasteiger partial charge in [-0.25, -0.2) is 4.39 Å². The van der Waals surface area contributed by atoms with Crippen molar-refractivity contribution in [2.45, 2.75) is 12.5 Å². The van der Waals surface area contributed by atoms with Crippen LogP contribution in [0.2, 0.25) is 5.02 Å². The first kappa shape index (κ1) is 12.5. The smallest absolute Gasteiger partial charge is 0.242 e. The maximum Gasteiger partial charge on any atom is 0.242 e. The van der Waals surface area contributed by atoms with Gasteiger partial charge in [-0.15, -0.1) is 12.3 Å². The van der Waals surface area contributed by atoms with Gasteiger partial charge in [-0.3, -0.25) is 4.79 Å². The summed E-state index contributed by atoms with van der Waals surface area (Å²) in [6, 6.07) is 3.14. The van der Waals surface area contributed by atoms with E-state index in [4.69, 9.17) is 23.8 Å². The van der Waals surface area contributed by atoms with Crippen LogP contribution in [-0.4, -0.2) is 11.9 Å². The largest absolute Gasteiger partial charge is 0.325 e. The van der Waals surface area contributed by atoms with Crippen molar-refractivity contribution in [3.05, 3.63) is 29.0 Å². The average molecular weight is 241 g/mol. The number of rotatable bonds is 3. The molecule has 1 amide bonds. The number of nitrogens with two attached hydrogens (primary N) is 1. The van der Waals surface area contributed by atoms with Gasteiger partial charge in [0.15, 0.2) is 0 Å². The number of carbonyl (C=O) groups is 1. The highest BCUT2D eigenvalue weighted by molar-refractivity contribution is 6.30. The van der Waals surface area contributed by atoms with E-state index < -0.39 is 17.8 Å². The molecule has 1 aromatic rings. The van der Waals surface area contributed by atoms with Gasteiger partial charge in [-0.05, 0) is 18.2 Å². The SMILES string of the molecule is C#CCC(N)C(=O)Nc1ccc(Cl)c(F)c1. The average Bonchev–Trinajstić information content (AvgIpc) is 2.24. The van der Waals surface area contributed by atoms with Crippen molar-refractivity contribution in [1.29, 1.82) is 0 Å². The first-order valence-electron chi connectivity index (χ1n) is 4.49. The Morgan fingerprint density at radius 3 is 2.94 bits per heavy atom. The Labute approximate surface area is 97.8 Å². The molecule has 0 saturated heterocycles. The van der Waals surface area contributed by atoms with Gasteiger partial charge in [-0.2, -0.15) is 0 Å². The highest BCUT2D eigenvalue weighted by Gasteiger charge is 2.12. The van der Waals surface area contributed by atoms with E-state index in [1.807, 2.05) is 0 Å². The quantitative estimate of drug-likeness (QED) is 0.792. The van der Waals surface area contributed by atoms with Gasteiger partial charge in [0.1, 0.15) is 5.82 Å². The summed E-state index contributed by atoms with van der Waals surface area (Å²) in [5, 5.41) is 2.43. The number of benzene rings is 1. The molecule has 0 heterocycles. The van der Waals surface area contributed by atoms with Crippen molar-refractivity contribution in [2.75, 3.05) is 5.32 Å². The lowest BCUT2D eigenvalue weighted by molar-refractivity contribution is -0.117. The molecule has 0 bridgehead atoms. The second-order valence-electron chi connectivity index (χ2n) is 3.13. The van der Waals surface area contributed by atoms with Crippen LogP contribution in [-0.2, 0) is 4.79 Å². The normalized spacial score (nSPS) is 11.6. The van der Waals surface area contributed by atoms with Gasteiger partial charge in [0.05, 0.1) is 11.1 Å². The molecular formula is C11H10ClFN2O. The zero-order valence-electron chi connectivity index (χ0n) is 8.34. The van der Waals surface area contributed by atoms with Gasteiger partial charge in [0, 0.05) is 12.1 Å². The number of nitrogens with one attached hydrogen (secondary N) is 1. The van der Waals surface area contributed by atoms with E-state index in [2.05, 4.69) is 11.2 Å². The molecule has 1 unspecified atom stereocenters. The van der Waals surface area contributed by atoms with Crippen LogP contribution in [0, 0.1) is 18.2 Å². The summed E-state index contributed by atoms with van der Waals surface area (Å²) in [5.41, 5.74) is 5.76. The summed E-state index contributed by atoms with van der Waals surface area (Å²) < 4.78 is 13.0. The Kier molecular flexibility index (Phi) is 4.29. The van der Waals surface area contributed by atoms with E-state index in [0.717, 1.165) is 6.07 Å². The molecule has 0 aliphatic heterocycles. The lowest BCUT2D eigenvalue weighted by Crippen LogP contribution is -2.35. The second kappa shape index (κ2) is 5.50. The molecule has 0 aliphatic rings. The molecule has 0 aliphatic carbocycles. The van der Waals surface area contributed by atoms with Crippen LogP contribution in [0.4, 0.5) is 10.1 Å². The number of hydrogen-bond donors (Lipinski definition) is 2. The van der Waals surface area contributed by atoms with Crippen LogP contribution < -0.4 is 11.1 Å². The first-order valence-corrected chi connectivity index (χ1v) is 4.87. The highest BCUT2D eigenvalue weighted by Crippen LogP contribution is 2.18. The Balaban J connectivity index is 2.70. The van der Waals surface area contributed by atoms with Crippen molar-refractivity contribution in [1.82, 2.24) is 0 Å². The zero-order valence-corrected chi connectivity index (χ0v) is 9.09. The summed E-state index contributed by atoms with van der Waals surface area (Å²) >= 11 is 5.49. The van der Waals surface area contributed by atoms with Crippen molar-refractivity contribution in [3.63, 3.8) is 0 Å². The predicted octanol–water partition coefficient (Wildman–Crippen LogP) is 1.77. The minimum absolute atomic E-state index is 0.00841. The Morgan fingerprint density at radius 2 is 2.38 bits per heavy atom. The number of hydrogen-bond acceptors (Lipinski definition) is 2. The van der Waals surface area contributed by atoms with E-state index in [1.54, 1.807) is 0 Å². The number of anilines is 1. The van der Waals surface area contributed by atoms with Crippen molar-refractivity contribution < 1.29 is 9.18 Å². The third-order valence-corrected chi connectivity index (χ3v) is 2.17. The van der Waals surface area contributed by atoms with Crippen LogP contribution in [0.15, 0.2) is 18.2 Å². The molecule has 0 aromatic heterocycles. The maximum atomic E-state index is 13.0. The van der Waals surface area contributed by atoms with Gasteiger partial charge in [-0.1, -0.05) is 11.6 Å². The molecule has 3 nitrogen and oxygen atoms in total. The molecule has 0 spiro atoms. The first-order chi connectivity index (χ1) is 7.54. The molecule has 3 N–H and O–H groups in total. The summed E-state index contributed by atoms with van der Waals surface area (Å²) in [7, 11) is 0. The Morgan fingerprint density at radius 1 is 1.69 bits per heavy atom. The van der Waals surface area contributed by atoms with Crippen molar-refractivity contribution >= 4 is 23.2 Å². The predicted molar refractivity (Wildman–Crippen MR) is 61.5 cm³/mol. The second-order valence-corrected chi connectivity index (χ2v) is 3.54. The van der Waals surface area contributed by atoms with E-state index in [9.17, 15) is 9.18 Å². The van der Waals surface area contributed by atoms with Crippen LogP contribution >= 0.6 is 11.6 Å². The molecule has 0 radical (unpaired) electrons. The number of halogens is 2. The van der Waals surface area contributed by atoms with Gasteiger partial charge >= 0.3 is 0 Å². The molecule has 1 aromatic carbocycles. The highest BCUT2D eigenvalue weighted by atomic mass is 35.5. The summed E-state index contributed by atoms with van der Waals surface area (Å²) in [5.74, 6) is 1.21. The molecule has 16 heavy (non-hydrogen) atoms. The molecule has 1 rings (SSSR count). The topological polar surface area (TPSA) is 55.1 Å². The third kappa shape index (κ3) is 3.23. The third-order valence-electron chi connectivity index (χ3n) is 1.86. The fourth-order valence-corrected chi connectivity index (χ4v) is 1.15. The van der Waals surface area contributed by atoms with Crippen molar-refractivity contribution in [3.8, 4) is 12.3 Å². The van der Waals surface area contributed by atoms with Crippen LogP contribution in [0.25, 0.3) is 0 Å². The van der Waals surface area contributed by atoms with Crippen LogP contribution in [0.1, 0.15) is 6.42 Å². The molecule has 5 heteroatoms. The van der Waals surface area contributed by atoms with E-state index in [0.29, 0.717) is 5.69 Å². The number of amides is 1. The molecule has 0 fully saturated rings. The maximum absolute atomic E-state index is 13.0. The van der Waals surface area contributed by atoms with Gasteiger partial charge in [0.2, 0.25) is 5.91 Å². The fraction of sp³-hybridized carbons (Fsp3) is 0.182. The lowest BCUT2D eigenvalue weighted by atomic mass is 10.2. The fourth-order valence-electron chi connectivity index (χ4n) is 1.03. The summed E-state index contributed by atoms with van der Waals surface area (Å²) in [4.78, 5) is 11.4. The van der Waals surface area contributed by atoms with E-state index in [1.165, 1.54) is 12.1 Å². The summed E-state index contributed by atoms with van der Waals surface area (Å²) in [6.07, 6.45) is 5.14. The Hall–Kier alpha value is -1.57. The van der Waals surface area contributed by atoms with Crippen LogP contribution in [0.3, 0.4) is 0 Å². The standard InChI is InChI=1S/C11H10ClFN2O/c1-2-3-10(14)11(16)15-7-4-5-8(12)9(13)6-7/h1,4-6,10H,3,14H2,(H,15,16). The molecule has 84 valence electrons. The van der Waals surface area contributed by atoms with Gasteiger partial charge in [0.25, 0.3) is 0 Å². The zero-order chi connectivity index (χ0) is 12.1. The minimum Gasteiger partial charge on any atom is -0.325 e. The Bertz CT molecular complexity index is 442. The van der Waals surface area contributed by atoms with Crippen LogP contribution in [0.5, 0.6) is 0 Å². The summed E-state index contributed by atoms with van der Waals surface area (Å²) in [6.45, 7) is 0. The molecular weight excluding hydrogens is 231 g/mol. The number of carbonyl (C=O) groups excluding carboxylic acids is 1.